The lowest BCUT2D eigenvalue weighted by atomic mass is 10.2. The lowest BCUT2D eigenvalue weighted by molar-refractivity contribution is 0.328. The van der Waals surface area contributed by atoms with E-state index in [9.17, 15) is 9.18 Å². The van der Waals surface area contributed by atoms with Crippen LogP contribution in [0.1, 0.15) is 31.6 Å². The van der Waals surface area contributed by atoms with Crippen LogP contribution in [0.2, 0.25) is 0 Å². The lowest BCUT2D eigenvalue weighted by Gasteiger charge is -2.21. The molecule has 1 aliphatic heterocycles. The van der Waals surface area contributed by atoms with Crippen LogP contribution in [0.25, 0.3) is 16.6 Å². The van der Waals surface area contributed by atoms with E-state index in [0.29, 0.717) is 22.4 Å². The summed E-state index contributed by atoms with van der Waals surface area (Å²) in [6.45, 7) is 6.14. The van der Waals surface area contributed by atoms with Crippen LogP contribution in [0.3, 0.4) is 0 Å². The van der Waals surface area contributed by atoms with Gasteiger partial charge in [0.05, 0.1) is 22.6 Å². The van der Waals surface area contributed by atoms with Crippen molar-refractivity contribution < 1.29 is 4.39 Å². The fraction of sp³-hybridized carbons (Fsp3) is 0.364. The molecule has 0 bridgehead atoms. The number of aromatic nitrogens is 2. The molecule has 1 atom stereocenters. The van der Waals surface area contributed by atoms with Gasteiger partial charge in [-0.3, -0.25) is 9.36 Å². The predicted molar refractivity (Wildman–Crippen MR) is 109 cm³/mol. The van der Waals surface area contributed by atoms with Crippen LogP contribution < -0.4 is 10.9 Å². The Kier molecular flexibility index (Phi) is 5.50. The SMILES string of the molecule is CC(NCCN1CCCC1)c1nc2ccccc2c(=O)n1-c1ccc(F)cc1. The van der Waals surface area contributed by atoms with Gasteiger partial charge in [-0.15, -0.1) is 0 Å². The molecule has 0 saturated carbocycles. The molecule has 1 aromatic heterocycles. The summed E-state index contributed by atoms with van der Waals surface area (Å²) in [6, 6.07) is 13.2. The molecule has 1 saturated heterocycles. The first-order valence-electron chi connectivity index (χ1n) is 9.87. The minimum atomic E-state index is -0.330. The number of rotatable bonds is 6. The molecule has 146 valence electrons. The van der Waals surface area contributed by atoms with E-state index in [1.807, 2.05) is 25.1 Å². The fourth-order valence-corrected chi connectivity index (χ4v) is 3.82. The molecule has 3 aromatic rings. The van der Waals surface area contributed by atoms with Crippen molar-refractivity contribution in [3.8, 4) is 5.69 Å². The molecule has 6 heteroatoms. The van der Waals surface area contributed by atoms with Gasteiger partial charge in [0.15, 0.2) is 0 Å². The number of fused-ring (bicyclic) bond motifs is 1. The van der Waals surface area contributed by atoms with Crippen molar-refractivity contribution in [2.75, 3.05) is 26.2 Å². The first-order valence-corrected chi connectivity index (χ1v) is 9.87. The van der Waals surface area contributed by atoms with E-state index in [-0.39, 0.29) is 17.4 Å². The van der Waals surface area contributed by atoms with Gasteiger partial charge in [0.2, 0.25) is 0 Å². The minimum absolute atomic E-state index is 0.120. The summed E-state index contributed by atoms with van der Waals surface area (Å²) in [5.41, 5.74) is 1.15. The highest BCUT2D eigenvalue weighted by Crippen LogP contribution is 2.18. The van der Waals surface area contributed by atoms with Crippen LogP contribution in [-0.2, 0) is 0 Å². The average Bonchev–Trinajstić information content (AvgIpc) is 3.22. The van der Waals surface area contributed by atoms with Crippen LogP contribution in [-0.4, -0.2) is 40.6 Å². The monoisotopic (exact) mass is 380 g/mol. The summed E-state index contributed by atoms with van der Waals surface area (Å²) in [5.74, 6) is 0.306. The topological polar surface area (TPSA) is 50.2 Å². The molecule has 28 heavy (non-hydrogen) atoms. The van der Waals surface area contributed by atoms with Gasteiger partial charge in [-0.05, 0) is 69.3 Å². The summed E-state index contributed by atoms with van der Waals surface area (Å²) in [5, 5.41) is 4.06. The molecule has 1 N–H and O–H groups in total. The predicted octanol–water partition coefficient (Wildman–Crippen LogP) is 3.27. The van der Waals surface area contributed by atoms with E-state index >= 15 is 0 Å². The number of hydrogen-bond acceptors (Lipinski definition) is 4. The van der Waals surface area contributed by atoms with E-state index in [0.717, 1.165) is 26.2 Å². The molecular weight excluding hydrogens is 355 g/mol. The maximum Gasteiger partial charge on any atom is 0.266 e. The summed E-state index contributed by atoms with van der Waals surface area (Å²) < 4.78 is 15.0. The van der Waals surface area contributed by atoms with Crippen molar-refractivity contribution in [2.24, 2.45) is 0 Å². The highest BCUT2D eigenvalue weighted by Gasteiger charge is 2.18. The molecule has 1 unspecified atom stereocenters. The molecule has 1 fully saturated rings. The normalized spacial score (nSPS) is 15.9. The summed E-state index contributed by atoms with van der Waals surface area (Å²) in [4.78, 5) is 20.4. The number of para-hydroxylation sites is 1. The maximum atomic E-state index is 13.4. The zero-order valence-electron chi connectivity index (χ0n) is 16.1. The second-order valence-corrected chi connectivity index (χ2v) is 7.33. The van der Waals surface area contributed by atoms with Gasteiger partial charge in [-0.25, -0.2) is 9.37 Å². The Labute approximate surface area is 163 Å². The van der Waals surface area contributed by atoms with Crippen molar-refractivity contribution in [2.45, 2.75) is 25.8 Å². The number of nitrogens with one attached hydrogen (secondary N) is 1. The molecule has 0 amide bonds. The Morgan fingerprint density at radius 3 is 2.57 bits per heavy atom. The molecule has 5 nitrogen and oxygen atoms in total. The summed E-state index contributed by atoms with van der Waals surface area (Å²) in [6.07, 6.45) is 2.54. The molecule has 0 spiro atoms. The van der Waals surface area contributed by atoms with Crippen LogP contribution in [0.5, 0.6) is 0 Å². The Morgan fingerprint density at radius 2 is 1.82 bits per heavy atom. The zero-order valence-corrected chi connectivity index (χ0v) is 16.1. The van der Waals surface area contributed by atoms with Gasteiger partial charge in [0, 0.05) is 13.1 Å². The smallest absolute Gasteiger partial charge is 0.266 e. The maximum absolute atomic E-state index is 13.4. The molecule has 0 aliphatic carbocycles. The van der Waals surface area contributed by atoms with Gasteiger partial charge in [0.25, 0.3) is 5.56 Å². The number of halogens is 1. The molecule has 2 heterocycles. The number of nitrogens with zero attached hydrogens (tertiary/aromatic N) is 3. The standard InChI is InChI=1S/C22H25FN4O/c1-16(24-12-15-26-13-4-5-14-26)21-25-20-7-3-2-6-19(20)22(28)27(21)18-10-8-17(23)9-11-18/h2-3,6-11,16,24H,4-5,12-15H2,1H3. The molecule has 1 aliphatic rings. The first-order chi connectivity index (χ1) is 13.6. The van der Waals surface area contributed by atoms with Crippen molar-refractivity contribution in [3.63, 3.8) is 0 Å². The highest BCUT2D eigenvalue weighted by molar-refractivity contribution is 5.77. The second-order valence-electron chi connectivity index (χ2n) is 7.33. The minimum Gasteiger partial charge on any atom is -0.306 e. The van der Waals surface area contributed by atoms with E-state index < -0.39 is 0 Å². The first kappa shape index (κ1) is 18.8. The fourth-order valence-electron chi connectivity index (χ4n) is 3.82. The van der Waals surface area contributed by atoms with Crippen molar-refractivity contribution in [1.82, 2.24) is 19.8 Å². The van der Waals surface area contributed by atoms with E-state index in [2.05, 4.69) is 10.2 Å². The van der Waals surface area contributed by atoms with Crippen molar-refractivity contribution in [1.29, 1.82) is 0 Å². The zero-order chi connectivity index (χ0) is 19.5. The van der Waals surface area contributed by atoms with E-state index in [1.165, 1.54) is 25.0 Å². The second kappa shape index (κ2) is 8.20. The molecule has 2 aromatic carbocycles. The van der Waals surface area contributed by atoms with E-state index in [4.69, 9.17) is 4.98 Å². The van der Waals surface area contributed by atoms with Gasteiger partial charge < -0.3 is 10.2 Å². The average molecular weight is 380 g/mol. The van der Waals surface area contributed by atoms with Gasteiger partial charge in [-0.1, -0.05) is 12.1 Å². The van der Waals surface area contributed by atoms with Crippen LogP contribution in [0.15, 0.2) is 53.3 Å². The molecule has 0 radical (unpaired) electrons. The lowest BCUT2D eigenvalue weighted by Crippen LogP contribution is -2.34. The molecular formula is C22H25FN4O. The summed E-state index contributed by atoms with van der Waals surface area (Å²) >= 11 is 0. The third kappa shape index (κ3) is 3.84. The van der Waals surface area contributed by atoms with Crippen LogP contribution in [0, 0.1) is 5.82 Å². The Hall–Kier alpha value is -2.57. The Bertz CT molecular complexity index is 1010. The van der Waals surface area contributed by atoms with Crippen molar-refractivity contribution >= 4 is 10.9 Å². The van der Waals surface area contributed by atoms with Crippen molar-refractivity contribution in [3.05, 3.63) is 70.5 Å². The van der Waals surface area contributed by atoms with Crippen LogP contribution >= 0.6 is 0 Å². The Morgan fingerprint density at radius 1 is 1.11 bits per heavy atom. The highest BCUT2D eigenvalue weighted by atomic mass is 19.1. The third-order valence-electron chi connectivity index (χ3n) is 5.35. The number of benzene rings is 2. The third-order valence-corrected chi connectivity index (χ3v) is 5.35. The van der Waals surface area contributed by atoms with Gasteiger partial charge in [-0.2, -0.15) is 0 Å². The molecule has 4 rings (SSSR count). The van der Waals surface area contributed by atoms with E-state index in [1.54, 1.807) is 22.8 Å². The Balaban J connectivity index is 1.69. The van der Waals surface area contributed by atoms with Crippen LogP contribution in [0.4, 0.5) is 4.39 Å². The number of likely N-dealkylation sites (tertiary alicyclic amines) is 1. The summed E-state index contributed by atoms with van der Waals surface area (Å²) in [7, 11) is 0. The number of hydrogen-bond donors (Lipinski definition) is 1. The largest absolute Gasteiger partial charge is 0.306 e. The quantitative estimate of drug-likeness (QED) is 0.713. The van der Waals surface area contributed by atoms with Gasteiger partial charge in [0.1, 0.15) is 11.6 Å². The van der Waals surface area contributed by atoms with Gasteiger partial charge >= 0.3 is 0 Å².